The second-order valence-corrected chi connectivity index (χ2v) is 8.10. The van der Waals surface area contributed by atoms with Crippen LogP contribution in [-0.2, 0) is 4.74 Å². The summed E-state index contributed by atoms with van der Waals surface area (Å²) in [5.41, 5.74) is 2.59. The van der Waals surface area contributed by atoms with Crippen LogP contribution in [-0.4, -0.2) is 20.3 Å². The summed E-state index contributed by atoms with van der Waals surface area (Å²) in [7, 11) is 1.70. The third kappa shape index (κ3) is 4.44. The molecule has 140 valence electrons. The monoisotopic (exact) mass is 354 g/mol. The fourth-order valence-corrected chi connectivity index (χ4v) is 3.27. The van der Waals surface area contributed by atoms with Crippen LogP contribution in [0.3, 0.4) is 0 Å². The van der Waals surface area contributed by atoms with Gasteiger partial charge in [-0.15, -0.1) is 0 Å². The number of hydrogen-bond acceptors (Lipinski definition) is 3. The first kappa shape index (κ1) is 17.5. The molecular weight excluding hydrogens is 324 g/mol. The number of methoxy groups -OCH3 is 1. The van der Waals surface area contributed by atoms with Gasteiger partial charge < -0.3 is 14.2 Å². The average molecular weight is 354 g/mol. The molecule has 0 N–H and O–H groups in total. The molecule has 0 aliphatic heterocycles. The molecular formula is C23H30O3. The molecule has 3 fully saturated rings. The molecule has 0 amide bonds. The van der Waals surface area contributed by atoms with Gasteiger partial charge in [0, 0.05) is 0 Å². The van der Waals surface area contributed by atoms with Crippen LogP contribution in [0.1, 0.15) is 51.0 Å². The topological polar surface area (TPSA) is 27.7 Å². The zero-order valence-corrected chi connectivity index (χ0v) is 16.0. The molecule has 26 heavy (non-hydrogen) atoms. The summed E-state index contributed by atoms with van der Waals surface area (Å²) in [5.74, 6) is 5.05. The highest BCUT2D eigenvalue weighted by Gasteiger charge is 2.33. The van der Waals surface area contributed by atoms with Gasteiger partial charge in [-0.1, -0.05) is 19.1 Å². The van der Waals surface area contributed by atoms with E-state index in [-0.39, 0.29) is 0 Å². The zero-order chi connectivity index (χ0) is 17.9. The minimum atomic E-state index is 0.729. The molecule has 1 aromatic carbocycles. The summed E-state index contributed by atoms with van der Waals surface area (Å²) in [6, 6.07) is 6.14. The van der Waals surface area contributed by atoms with E-state index in [1.165, 1.54) is 44.1 Å². The molecule has 0 spiro atoms. The first-order chi connectivity index (χ1) is 12.7. The fraction of sp³-hybridized carbons (Fsp3) is 0.565. The standard InChI is InChI=1S/C23H30O3/c1-16-12-20(16)15-26-21(19-4-3-5-19)10-8-17-9-11-22(24-2)23(13-17)25-14-18-6-7-18/h8-11,13,16,18,20H,3-7,12,14-15H2,1-2H3/b10-8+. The Labute approximate surface area is 157 Å². The van der Waals surface area contributed by atoms with Crippen molar-refractivity contribution in [3.05, 3.63) is 41.2 Å². The Morgan fingerprint density at radius 3 is 2.58 bits per heavy atom. The van der Waals surface area contributed by atoms with E-state index in [4.69, 9.17) is 14.2 Å². The Hall–Kier alpha value is -1.90. The van der Waals surface area contributed by atoms with Crippen LogP contribution < -0.4 is 9.47 Å². The zero-order valence-electron chi connectivity index (χ0n) is 16.0. The van der Waals surface area contributed by atoms with Gasteiger partial charge in [-0.2, -0.15) is 0 Å². The lowest BCUT2D eigenvalue weighted by Crippen LogP contribution is -2.05. The molecule has 3 saturated carbocycles. The largest absolute Gasteiger partial charge is 0.493 e. The van der Waals surface area contributed by atoms with Crippen molar-refractivity contribution in [2.24, 2.45) is 17.8 Å². The predicted molar refractivity (Wildman–Crippen MR) is 104 cm³/mol. The van der Waals surface area contributed by atoms with Gasteiger partial charge in [-0.3, -0.25) is 0 Å². The van der Waals surface area contributed by atoms with Crippen molar-refractivity contribution in [2.45, 2.75) is 45.4 Å². The number of rotatable bonds is 9. The Balaban J connectivity index is 1.43. The molecule has 0 bridgehead atoms. The van der Waals surface area contributed by atoms with E-state index in [0.717, 1.165) is 53.8 Å². The third-order valence-corrected chi connectivity index (χ3v) is 5.82. The average Bonchev–Trinajstić information content (AvgIpc) is 3.52. The summed E-state index contributed by atoms with van der Waals surface area (Å²) in [4.78, 5) is 0. The van der Waals surface area contributed by atoms with Crippen LogP contribution in [0.2, 0.25) is 0 Å². The van der Waals surface area contributed by atoms with Gasteiger partial charge >= 0.3 is 0 Å². The fourth-order valence-electron chi connectivity index (χ4n) is 3.27. The van der Waals surface area contributed by atoms with E-state index in [1.807, 2.05) is 6.07 Å². The van der Waals surface area contributed by atoms with Crippen LogP contribution in [0.5, 0.6) is 11.5 Å². The summed E-state index contributed by atoms with van der Waals surface area (Å²) in [6.45, 7) is 3.96. The van der Waals surface area contributed by atoms with Gasteiger partial charge in [-0.25, -0.2) is 0 Å². The predicted octanol–water partition coefficient (Wildman–Crippen LogP) is 5.61. The van der Waals surface area contributed by atoms with Gasteiger partial charge in [0.05, 0.1) is 20.3 Å². The van der Waals surface area contributed by atoms with Crippen molar-refractivity contribution < 1.29 is 14.2 Å². The van der Waals surface area contributed by atoms with Crippen LogP contribution in [0.25, 0.3) is 6.08 Å². The minimum absolute atomic E-state index is 0.729. The maximum atomic E-state index is 6.16. The molecule has 0 aromatic heterocycles. The second kappa shape index (κ2) is 7.77. The van der Waals surface area contributed by atoms with Crippen LogP contribution >= 0.6 is 0 Å². The Morgan fingerprint density at radius 2 is 1.96 bits per heavy atom. The van der Waals surface area contributed by atoms with Crippen LogP contribution in [0.4, 0.5) is 0 Å². The third-order valence-electron chi connectivity index (χ3n) is 5.82. The van der Waals surface area contributed by atoms with Gasteiger partial charge in [0.25, 0.3) is 0 Å². The van der Waals surface area contributed by atoms with Crippen molar-refractivity contribution in [2.75, 3.05) is 20.3 Å². The van der Waals surface area contributed by atoms with Crippen molar-refractivity contribution in [3.8, 4) is 11.5 Å². The quantitative estimate of drug-likeness (QED) is 0.540. The van der Waals surface area contributed by atoms with E-state index in [2.05, 4.69) is 31.2 Å². The minimum Gasteiger partial charge on any atom is -0.493 e. The summed E-state index contributed by atoms with van der Waals surface area (Å²) in [6.07, 6.45) is 11.8. The van der Waals surface area contributed by atoms with Crippen LogP contribution in [0, 0.1) is 17.8 Å². The van der Waals surface area contributed by atoms with E-state index < -0.39 is 0 Å². The summed E-state index contributed by atoms with van der Waals surface area (Å²) >= 11 is 0. The smallest absolute Gasteiger partial charge is 0.161 e. The van der Waals surface area contributed by atoms with Crippen molar-refractivity contribution in [1.29, 1.82) is 0 Å². The highest BCUT2D eigenvalue weighted by molar-refractivity contribution is 5.58. The maximum Gasteiger partial charge on any atom is 0.161 e. The number of allylic oxidation sites excluding steroid dienone is 2. The molecule has 3 nitrogen and oxygen atoms in total. The molecule has 1 aromatic rings. The Morgan fingerprint density at radius 1 is 1.15 bits per heavy atom. The molecule has 0 saturated heterocycles. The summed E-state index contributed by atoms with van der Waals surface area (Å²) < 4.78 is 17.6. The normalized spacial score (nSPS) is 24.3. The molecule has 0 radical (unpaired) electrons. The number of ether oxygens (including phenoxy) is 3. The SMILES string of the molecule is COc1ccc(/C=C/C(OCC2CC2C)=C2CCC2)cc1OCC1CC1. The van der Waals surface area contributed by atoms with Crippen molar-refractivity contribution in [1.82, 2.24) is 0 Å². The van der Waals surface area contributed by atoms with Crippen LogP contribution in [0.15, 0.2) is 35.6 Å². The molecule has 2 unspecified atom stereocenters. The van der Waals surface area contributed by atoms with Crippen molar-refractivity contribution >= 4 is 6.08 Å². The molecule has 3 aliphatic carbocycles. The van der Waals surface area contributed by atoms with E-state index in [1.54, 1.807) is 7.11 Å². The lowest BCUT2D eigenvalue weighted by atomic mass is 9.91. The van der Waals surface area contributed by atoms with Gasteiger partial charge in [0.2, 0.25) is 0 Å². The van der Waals surface area contributed by atoms with Gasteiger partial charge in [-0.05, 0) is 85.6 Å². The highest BCUT2D eigenvalue weighted by Crippen LogP contribution is 2.39. The molecule has 4 rings (SSSR count). The lowest BCUT2D eigenvalue weighted by molar-refractivity contribution is 0.199. The second-order valence-electron chi connectivity index (χ2n) is 8.10. The van der Waals surface area contributed by atoms with E-state index >= 15 is 0 Å². The number of hydrogen-bond donors (Lipinski definition) is 0. The first-order valence-corrected chi connectivity index (χ1v) is 10.1. The van der Waals surface area contributed by atoms with E-state index in [9.17, 15) is 0 Å². The lowest BCUT2D eigenvalue weighted by Gasteiger charge is -2.20. The molecule has 2 atom stereocenters. The van der Waals surface area contributed by atoms with Gasteiger partial charge in [0.1, 0.15) is 5.76 Å². The maximum absolute atomic E-state index is 6.16. The molecule has 0 heterocycles. The Kier molecular flexibility index (Phi) is 5.23. The number of benzene rings is 1. The molecule has 3 heteroatoms. The van der Waals surface area contributed by atoms with E-state index in [0.29, 0.717) is 0 Å². The highest BCUT2D eigenvalue weighted by atomic mass is 16.5. The Bertz CT molecular complexity index is 693. The summed E-state index contributed by atoms with van der Waals surface area (Å²) in [5, 5.41) is 0. The van der Waals surface area contributed by atoms with Crippen molar-refractivity contribution in [3.63, 3.8) is 0 Å². The molecule has 3 aliphatic rings. The van der Waals surface area contributed by atoms with Gasteiger partial charge in [0.15, 0.2) is 11.5 Å². The first-order valence-electron chi connectivity index (χ1n) is 10.1.